The highest BCUT2D eigenvalue weighted by Gasteiger charge is 2.41. The van der Waals surface area contributed by atoms with Crippen LogP contribution in [-0.2, 0) is 14.3 Å². The van der Waals surface area contributed by atoms with Crippen LogP contribution in [0.25, 0.3) is 0 Å². The Kier molecular flexibility index (Phi) is 6.97. The van der Waals surface area contributed by atoms with Gasteiger partial charge in [0.15, 0.2) is 0 Å². The van der Waals surface area contributed by atoms with E-state index in [0.717, 1.165) is 17.7 Å². The van der Waals surface area contributed by atoms with Crippen LogP contribution in [0.3, 0.4) is 0 Å². The zero-order valence-corrected chi connectivity index (χ0v) is 18.0. The smallest absolute Gasteiger partial charge is 0.255 e. The Balaban J connectivity index is 1.64. The van der Waals surface area contributed by atoms with E-state index in [9.17, 15) is 14.4 Å². The Morgan fingerprint density at radius 3 is 2.87 bits per heavy atom. The van der Waals surface area contributed by atoms with Crippen molar-refractivity contribution in [2.75, 3.05) is 31.6 Å². The van der Waals surface area contributed by atoms with Crippen molar-refractivity contribution >= 4 is 23.4 Å². The molecule has 0 aromatic heterocycles. The van der Waals surface area contributed by atoms with E-state index in [0.29, 0.717) is 44.7 Å². The monoisotopic (exact) mass is 416 g/mol. The molecule has 1 aromatic rings. The third kappa shape index (κ3) is 4.92. The summed E-state index contributed by atoms with van der Waals surface area (Å²) in [6.07, 6.45) is 2.00. The minimum atomic E-state index is -0.685. The van der Waals surface area contributed by atoms with Crippen LogP contribution < -0.4 is 16.0 Å². The van der Waals surface area contributed by atoms with E-state index in [1.54, 1.807) is 11.8 Å². The number of nitrogens with zero attached hydrogens (tertiary/aromatic N) is 1. The number of carbonyl (C=O) groups is 3. The third-order valence-electron chi connectivity index (χ3n) is 5.83. The van der Waals surface area contributed by atoms with Crippen molar-refractivity contribution in [1.82, 2.24) is 15.5 Å². The second-order valence-corrected chi connectivity index (χ2v) is 8.06. The van der Waals surface area contributed by atoms with Gasteiger partial charge in [0.05, 0.1) is 5.56 Å². The van der Waals surface area contributed by atoms with Crippen LogP contribution in [0.15, 0.2) is 18.2 Å². The molecule has 2 aliphatic rings. The lowest BCUT2D eigenvalue weighted by molar-refractivity contribution is -0.139. The highest BCUT2D eigenvalue weighted by atomic mass is 16.5. The topological polar surface area (TPSA) is 99.8 Å². The number of likely N-dealkylation sites (tertiary alicyclic amines) is 1. The predicted octanol–water partition coefficient (Wildman–Crippen LogP) is 1.79. The van der Waals surface area contributed by atoms with Gasteiger partial charge in [-0.1, -0.05) is 6.07 Å². The number of aryl methyl sites for hydroxylation is 1. The van der Waals surface area contributed by atoms with Crippen LogP contribution in [-0.4, -0.2) is 60.6 Å². The molecule has 0 radical (unpaired) electrons. The number of fused-ring (bicyclic) bond motifs is 1. The summed E-state index contributed by atoms with van der Waals surface area (Å²) in [5, 5.41) is 9.41. The number of rotatable bonds is 7. The lowest BCUT2D eigenvalue weighted by atomic mass is 9.94. The summed E-state index contributed by atoms with van der Waals surface area (Å²) in [5.74, 6) is -0.378. The normalized spacial score (nSPS) is 22.0. The zero-order valence-electron chi connectivity index (χ0n) is 18.0. The highest BCUT2D eigenvalue weighted by Crippen LogP contribution is 2.32. The fourth-order valence-corrected chi connectivity index (χ4v) is 4.04. The third-order valence-corrected chi connectivity index (χ3v) is 5.83. The van der Waals surface area contributed by atoms with E-state index in [-0.39, 0.29) is 24.1 Å². The van der Waals surface area contributed by atoms with Crippen LogP contribution in [0.1, 0.15) is 55.5 Å². The molecule has 3 N–H and O–H groups in total. The Bertz CT molecular complexity index is 812. The SMILES string of the molecule is CCOCCCNC(=O)[C@H](C)N1CC[C@@]2(CCC1=O)NC(=O)c1ccc(C)cc1N2. The molecule has 0 aliphatic carbocycles. The van der Waals surface area contributed by atoms with Crippen LogP contribution in [0.5, 0.6) is 0 Å². The average molecular weight is 417 g/mol. The summed E-state index contributed by atoms with van der Waals surface area (Å²) in [4.78, 5) is 39.6. The summed E-state index contributed by atoms with van der Waals surface area (Å²) in [6.45, 7) is 7.82. The van der Waals surface area contributed by atoms with Gasteiger partial charge in [-0.2, -0.15) is 0 Å². The van der Waals surface area contributed by atoms with E-state index >= 15 is 0 Å². The van der Waals surface area contributed by atoms with Crippen LogP contribution in [0.2, 0.25) is 0 Å². The number of hydrogen-bond donors (Lipinski definition) is 3. The molecule has 8 heteroatoms. The van der Waals surface area contributed by atoms with Gasteiger partial charge in [-0.3, -0.25) is 14.4 Å². The molecule has 2 heterocycles. The van der Waals surface area contributed by atoms with Gasteiger partial charge in [0, 0.05) is 44.8 Å². The number of hydrogen-bond acceptors (Lipinski definition) is 5. The predicted molar refractivity (Wildman–Crippen MR) is 114 cm³/mol. The quantitative estimate of drug-likeness (QED) is 0.589. The Morgan fingerprint density at radius 2 is 2.10 bits per heavy atom. The maximum absolute atomic E-state index is 12.8. The lowest BCUT2D eigenvalue weighted by Gasteiger charge is -2.40. The molecule has 1 fully saturated rings. The molecule has 1 aromatic carbocycles. The number of carbonyl (C=O) groups excluding carboxylic acids is 3. The maximum Gasteiger partial charge on any atom is 0.255 e. The first-order valence-electron chi connectivity index (χ1n) is 10.7. The van der Waals surface area contributed by atoms with Crippen molar-refractivity contribution in [3.05, 3.63) is 29.3 Å². The van der Waals surface area contributed by atoms with Gasteiger partial charge in [0.1, 0.15) is 11.7 Å². The molecule has 3 amide bonds. The maximum atomic E-state index is 12.8. The van der Waals surface area contributed by atoms with Gasteiger partial charge in [0.2, 0.25) is 11.8 Å². The second-order valence-electron chi connectivity index (χ2n) is 8.06. The molecule has 0 bridgehead atoms. The first kappa shape index (κ1) is 22.1. The fraction of sp³-hybridized carbons (Fsp3) is 0.591. The molecule has 3 rings (SSSR count). The molecule has 2 atom stereocenters. The van der Waals surface area contributed by atoms with Gasteiger partial charge < -0.3 is 25.6 Å². The number of amides is 3. The molecular weight excluding hydrogens is 384 g/mol. The van der Waals surface area contributed by atoms with Gasteiger partial charge in [-0.05, 0) is 51.3 Å². The number of ether oxygens (including phenoxy) is 1. The molecular formula is C22H32N4O4. The van der Waals surface area contributed by atoms with Gasteiger partial charge >= 0.3 is 0 Å². The summed E-state index contributed by atoms with van der Waals surface area (Å²) in [5.41, 5.74) is 1.78. The fourth-order valence-electron chi connectivity index (χ4n) is 4.04. The van der Waals surface area contributed by atoms with Crippen LogP contribution >= 0.6 is 0 Å². The Morgan fingerprint density at radius 1 is 1.30 bits per heavy atom. The first-order valence-corrected chi connectivity index (χ1v) is 10.7. The number of nitrogens with one attached hydrogen (secondary N) is 3. The average Bonchev–Trinajstić information content (AvgIpc) is 2.86. The second kappa shape index (κ2) is 9.47. The largest absolute Gasteiger partial charge is 0.382 e. The zero-order chi connectivity index (χ0) is 21.7. The molecule has 0 saturated carbocycles. The van der Waals surface area contributed by atoms with Crippen LogP contribution in [0, 0.1) is 6.92 Å². The molecule has 0 unspecified atom stereocenters. The standard InChI is InChI=1S/C22H32N4O4/c1-4-30-13-5-11-23-20(28)16(3)26-12-10-22(9-8-19(26)27)24-18-14-15(2)6-7-17(18)21(29)25-22/h6-7,14,16,24H,4-5,8-13H2,1-3H3,(H,23,28)(H,25,29)/t16-,22+/m0/s1. The van der Waals surface area contributed by atoms with E-state index in [1.807, 2.05) is 32.0 Å². The van der Waals surface area contributed by atoms with E-state index in [4.69, 9.17) is 4.74 Å². The van der Waals surface area contributed by atoms with Crippen molar-refractivity contribution in [3.8, 4) is 0 Å². The Hall–Kier alpha value is -2.61. The highest BCUT2D eigenvalue weighted by molar-refractivity contribution is 6.02. The van der Waals surface area contributed by atoms with Crippen molar-refractivity contribution < 1.29 is 19.1 Å². The summed E-state index contributed by atoms with van der Waals surface area (Å²) in [6, 6.07) is 5.11. The summed E-state index contributed by atoms with van der Waals surface area (Å²) < 4.78 is 5.27. The van der Waals surface area contributed by atoms with E-state index < -0.39 is 11.7 Å². The molecule has 2 aliphatic heterocycles. The number of benzene rings is 1. The first-order chi connectivity index (χ1) is 14.3. The molecule has 164 valence electrons. The summed E-state index contributed by atoms with van der Waals surface area (Å²) >= 11 is 0. The van der Waals surface area contributed by atoms with Crippen molar-refractivity contribution in [1.29, 1.82) is 0 Å². The number of anilines is 1. The molecule has 8 nitrogen and oxygen atoms in total. The summed E-state index contributed by atoms with van der Waals surface area (Å²) in [7, 11) is 0. The van der Waals surface area contributed by atoms with E-state index in [2.05, 4.69) is 16.0 Å². The van der Waals surface area contributed by atoms with Crippen molar-refractivity contribution in [2.24, 2.45) is 0 Å². The van der Waals surface area contributed by atoms with Gasteiger partial charge in [-0.15, -0.1) is 0 Å². The van der Waals surface area contributed by atoms with Crippen molar-refractivity contribution in [3.63, 3.8) is 0 Å². The molecule has 1 saturated heterocycles. The van der Waals surface area contributed by atoms with E-state index in [1.165, 1.54) is 0 Å². The Labute approximate surface area is 177 Å². The van der Waals surface area contributed by atoms with Crippen LogP contribution in [0.4, 0.5) is 5.69 Å². The minimum absolute atomic E-state index is 0.0741. The molecule has 30 heavy (non-hydrogen) atoms. The lowest BCUT2D eigenvalue weighted by Crippen LogP contribution is -2.58. The van der Waals surface area contributed by atoms with Gasteiger partial charge in [-0.25, -0.2) is 0 Å². The molecule has 1 spiro atoms. The minimum Gasteiger partial charge on any atom is -0.382 e. The van der Waals surface area contributed by atoms with Crippen molar-refractivity contribution in [2.45, 2.75) is 58.2 Å². The van der Waals surface area contributed by atoms with Gasteiger partial charge in [0.25, 0.3) is 5.91 Å².